The zero-order valence-electron chi connectivity index (χ0n) is 16.5. The van der Waals surface area contributed by atoms with Crippen molar-refractivity contribution in [1.29, 1.82) is 0 Å². The number of benzene rings is 2. The third-order valence-corrected chi connectivity index (χ3v) is 5.07. The van der Waals surface area contributed by atoms with Crippen LogP contribution in [0.5, 0.6) is 5.75 Å². The molecule has 2 heterocycles. The molecule has 7 nitrogen and oxygen atoms in total. The summed E-state index contributed by atoms with van der Waals surface area (Å²) in [6.07, 6.45) is 2.85. The second-order valence-electron chi connectivity index (χ2n) is 7.10. The summed E-state index contributed by atoms with van der Waals surface area (Å²) in [5.41, 5.74) is 5.38. The number of nitrogens with one attached hydrogen (secondary N) is 1. The Balaban J connectivity index is 1.60. The fourth-order valence-electron chi connectivity index (χ4n) is 3.52. The number of hydrazine groups is 1. The Morgan fingerprint density at radius 2 is 1.97 bits per heavy atom. The van der Waals surface area contributed by atoms with Crippen molar-refractivity contribution >= 4 is 41.3 Å². The molecule has 3 aromatic rings. The van der Waals surface area contributed by atoms with Crippen LogP contribution in [0.2, 0.25) is 0 Å². The lowest BCUT2D eigenvalue weighted by molar-refractivity contribution is -0.127. The normalized spacial score (nSPS) is 16.1. The highest BCUT2D eigenvalue weighted by atomic mass is 16.5. The highest BCUT2D eigenvalue weighted by molar-refractivity contribution is 6.45. The van der Waals surface area contributed by atoms with Gasteiger partial charge in [0.2, 0.25) is 0 Å². The number of ether oxygens (including phenoxy) is 1. The van der Waals surface area contributed by atoms with E-state index in [1.165, 1.54) is 5.01 Å². The second kappa shape index (κ2) is 8.55. The Morgan fingerprint density at radius 1 is 1.17 bits per heavy atom. The summed E-state index contributed by atoms with van der Waals surface area (Å²) in [4.78, 5) is 30.0. The van der Waals surface area contributed by atoms with Crippen molar-refractivity contribution in [2.24, 2.45) is 5.92 Å². The van der Waals surface area contributed by atoms with E-state index in [-0.39, 0.29) is 18.2 Å². The van der Waals surface area contributed by atoms with E-state index >= 15 is 0 Å². The second-order valence-corrected chi connectivity index (χ2v) is 7.10. The molecule has 0 spiro atoms. The lowest BCUT2D eigenvalue weighted by Crippen LogP contribution is -2.36. The maximum absolute atomic E-state index is 13.0. The Labute approximate surface area is 174 Å². The first-order valence-electron chi connectivity index (χ1n) is 9.83. The van der Waals surface area contributed by atoms with E-state index in [4.69, 9.17) is 9.76 Å². The number of carbonyl (C=O) groups is 2. The molecule has 1 radical (unpaired) electrons. The number of hydrogen-bond donors (Lipinski definition) is 2. The van der Waals surface area contributed by atoms with Crippen molar-refractivity contribution in [2.75, 3.05) is 11.6 Å². The number of nitrogens with zero attached hydrogens (tertiary/aromatic N) is 2. The van der Waals surface area contributed by atoms with E-state index in [1.807, 2.05) is 31.2 Å². The van der Waals surface area contributed by atoms with Gasteiger partial charge in [-0.25, -0.2) is 5.01 Å². The predicted octanol–water partition coefficient (Wildman–Crippen LogP) is 1.50. The van der Waals surface area contributed by atoms with Crippen molar-refractivity contribution in [1.82, 2.24) is 10.4 Å². The van der Waals surface area contributed by atoms with Gasteiger partial charge < -0.3 is 9.76 Å². The summed E-state index contributed by atoms with van der Waals surface area (Å²) in [5, 5.41) is 11.2. The van der Waals surface area contributed by atoms with Gasteiger partial charge in [-0.05, 0) is 42.7 Å². The summed E-state index contributed by atoms with van der Waals surface area (Å²) in [6.45, 7) is 2.63. The number of amides is 2. The molecule has 1 saturated heterocycles. The molecule has 1 unspecified atom stereocenters. The van der Waals surface area contributed by atoms with Crippen LogP contribution < -0.4 is 20.6 Å². The largest absolute Gasteiger partial charge is 0.491 e. The zero-order valence-corrected chi connectivity index (χ0v) is 16.5. The van der Waals surface area contributed by atoms with Gasteiger partial charge in [0.1, 0.15) is 17.2 Å². The standard InChI is InChI=1S/C22H21BN3O4/c1-2-12-30-19-10-5-14(17-4-3-11-24-20(17)19)13-18-21(27)25-26(22(18)28)16-8-6-15(23-29)7-9-16/h3-11,18,29H,2,12-13H2,1H3,(H,25,27). The van der Waals surface area contributed by atoms with Crippen molar-refractivity contribution in [2.45, 2.75) is 19.8 Å². The van der Waals surface area contributed by atoms with Gasteiger partial charge in [-0.3, -0.25) is 20.0 Å². The fourth-order valence-corrected chi connectivity index (χ4v) is 3.52. The molecule has 1 aliphatic heterocycles. The number of fused-ring (bicyclic) bond motifs is 1. The van der Waals surface area contributed by atoms with Crippen LogP contribution in [0.25, 0.3) is 10.9 Å². The van der Waals surface area contributed by atoms with Gasteiger partial charge in [0.05, 0.1) is 12.3 Å². The fraction of sp³-hybridized carbons (Fsp3) is 0.227. The minimum atomic E-state index is -0.833. The highest BCUT2D eigenvalue weighted by Gasteiger charge is 2.40. The van der Waals surface area contributed by atoms with Gasteiger partial charge in [-0.2, -0.15) is 0 Å². The van der Waals surface area contributed by atoms with Crippen LogP contribution in [-0.4, -0.2) is 35.9 Å². The first kappa shape index (κ1) is 19.9. The molecule has 0 aliphatic carbocycles. The monoisotopic (exact) mass is 402 g/mol. The van der Waals surface area contributed by atoms with E-state index in [1.54, 1.807) is 30.5 Å². The minimum Gasteiger partial charge on any atom is -0.491 e. The maximum atomic E-state index is 13.0. The van der Waals surface area contributed by atoms with Crippen molar-refractivity contribution < 1.29 is 19.3 Å². The molecule has 4 rings (SSSR count). The number of anilines is 1. The molecule has 1 aliphatic rings. The Kier molecular flexibility index (Phi) is 5.67. The van der Waals surface area contributed by atoms with Gasteiger partial charge in [0.15, 0.2) is 0 Å². The SMILES string of the molecule is CCCOc1ccc(CC2C(=O)NN(c3ccc([B]O)cc3)C2=O)c2cccnc12. The number of carbonyl (C=O) groups excluding carboxylic acids is 2. The molecule has 0 bridgehead atoms. The smallest absolute Gasteiger partial charge is 0.326 e. The molecule has 2 aromatic carbocycles. The molecule has 0 saturated carbocycles. The Morgan fingerprint density at radius 3 is 2.70 bits per heavy atom. The van der Waals surface area contributed by atoms with Gasteiger partial charge >= 0.3 is 7.48 Å². The van der Waals surface area contributed by atoms with Crippen LogP contribution in [0.15, 0.2) is 54.7 Å². The van der Waals surface area contributed by atoms with Gasteiger partial charge in [-0.1, -0.05) is 36.7 Å². The van der Waals surface area contributed by atoms with E-state index in [0.29, 0.717) is 23.5 Å². The molecule has 151 valence electrons. The van der Waals surface area contributed by atoms with Crippen molar-refractivity contribution in [3.05, 3.63) is 60.3 Å². The highest BCUT2D eigenvalue weighted by Crippen LogP contribution is 2.30. The molecule has 30 heavy (non-hydrogen) atoms. The zero-order chi connectivity index (χ0) is 21.1. The molecule has 1 fully saturated rings. The van der Waals surface area contributed by atoms with E-state index in [0.717, 1.165) is 30.4 Å². The van der Waals surface area contributed by atoms with Crippen molar-refractivity contribution in [3.63, 3.8) is 0 Å². The molecular weight excluding hydrogens is 381 g/mol. The average Bonchev–Trinajstić information content (AvgIpc) is 3.07. The third kappa shape index (κ3) is 3.74. The van der Waals surface area contributed by atoms with E-state index < -0.39 is 5.92 Å². The Bertz CT molecular complexity index is 1090. The molecule has 8 heteroatoms. The molecular formula is C22H21BN3O4. The van der Waals surface area contributed by atoms with Gasteiger partial charge in [0.25, 0.3) is 11.8 Å². The maximum Gasteiger partial charge on any atom is 0.326 e. The van der Waals surface area contributed by atoms with Gasteiger partial charge in [0, 0.05) is 11.6 Å². The first-order chi connectivity index (χ1) is 14.6. The van der Waals surface area contributed by atoms with E-state index in [9.17, 15) is 9.59 Å². The van der Waals surface area contributed by atoms with Crippen LogP contribution >= 0.6 is 0 Å². The minimum absolute atomic E-state index is 0.264. The van der Waals surface area contributed by atoms with Crippen molar-refractivity contribution in [3.8, 4) is 5.75 Å². The van der Waals surface area contributed by atoms with Crippen LogP contribution in [0, 0.1) is 5.92 Å². The summed E-state index contributed by atoms with van der Waals surface area (Å²) in [5.74, 6) is -0.800. The van der Waals surface area contributed by atoms with Crippen LogP contribution in [0.3, 0.4) is 0 Å². The summed E-state index contributed by atoms with van der Waals surface area (Å²) in [7, 11) is 0.976. The quantitative estimate of drug-likeness (QED) is 0.462. The molecule has 1 aromatic heterocycles. The number of rotatable bonds is 7. The van der Waals surface area contributed by atoms with Crippen LogP contribution in [0.4, 0.5) is 5.69 Å². The third-order valence-electron chi connectivity index (χ3n) is 5.07. The summed E-state index contributed by atoms with van der Waals surface area (Å²) >= 11 is 0. The lowest BCUT2D eigenvalue weighted by atomic mass is 9.89. The first-order valence-corrected chi connectivity index (χ1v) is 9.83. The summed E-state index contributed by atoms with van der Waals surface area (Å²) in [6, 6.07) is 14.2. The number of hydrogen-bond acceptors (Lipinski definition) is 5. The summed E-state index contributed by atoms with van der Waals surface area (Å²) < 4.78 is 5.79. The van der Waals surface area contributed by atoms with Gasteiger partial charge in [-0.15, -0.1) is 0 Å². The average molecular weight is 402 g/mol. The van der Waals surface area contributed by atoms with E-state index in [2.05, 4.69) is 10.4 Å². The number of pyridine rings is 1. The van der Waals surface area contributed by atoms with Crippen LogP contribution in [0.1, 0.15) is 18.9 Å². The molecule has 2 amide bonds. The van der Waals surface area contributed by atoms with Crippen LogP contribution in [-0.2, 0) is 16.0 Å². The molecule has 2 N–H and O–H groups in total. The Hall–Kier alpha value is -3.39. The predicted molar refractivity (Wildman–Crippen MR) is 114 cm³/mol. The number of aromatic nitrogens is 1. The lowest BCUT2D eigenvalue weighted by Gasteiger charge is -2.16. The molecule has 1 atom stereocenters. The topological polar surface area (TPSA) is 91.8 Å².